The zero-order chi connectivity index (χ0) is 13.1. The first-order valence-corrected chi connectivity index (χ1v) is 9.46. The second kappa shape index (κ2) is 11.0. The normalized spacial score (nSPS) is 19.1. The Hall–Kier alpha value is 0.130. The molecule has 1 rings (SSSR count). The van der Waals surface area contributed by atoms with Crippen molar-refractivity contribution in [1.29, 1.82) is 0 Å². The minimum absolute atomic E-state index is 0.219. The largest absolute Gasteiger partial charge is 0.356 e. The van der Waals surface area contributed by atoms with Crippen molar-refractivity contribution >= 4 is 27.5 Å². The van der Waals surface area contributed by atoms with E-state index < -0.39 is 0 Å². The topological polar surface area (TPSA) is 55.1 Å². The van der Waals surface area contributed by atoms with Gasteiger partial charge < -0.3 is 11.1 Å². The summed E-state index contributed by atoms with van der Waals surface area (Å²) in [5.41, 5.74) is 5.41. The van der Waals surface area contributed by atoms with E-state index in [1.165, 1.54) is 25.0 Å². The molecule has 3 nitrogen and oxygen atoms in total. The fourth-order valence-electron chi connectivity index (χ4n) is 1.98. The Morgan fingerprint density at radius 3 is 2.83 bits per heavy atom. The molecule has 18 heavy (non-hydrogen) atoms. The van der Waals surface area contributed by atoms with Gasteiger partial charge in [-0.2, -0.15) is 0 Å². The lowest BCUT2D eigenvalue weighted by molar-refractivity contribution is -0.121. The highest BCUT2D eigenvalue weighted by atomic mass is 33.1. The summed E-state index contributed by atoms with van der Waals surface area (Å²) in [6.45, 7) is 1.57. The number of amides is 1. The van der Waals surface area contributed by atoms with Crippen molar-refractivity contribution in [1.82, 2.24) is 5.32 Å². The second-order valence-corrected chi connectivity index (χ2v) is 7.56. The molecule has 0 unspecified atom stereocenters. The average molecular weight is 290 g/mol. The van der Waals surface area contributed by atoms with Crippen molar-refractivity contribution in [3.8, 4) is 0 Å². The highest BCUT2D eigenvalue weighted by Crippen LogP contribution is 2.39. The summed E-state index contributed by atoms with van der Waals surface area (Å²) in [6.07, 6.45) is 8.79. The van der Waals surface area contributed by atoms with E-state index >= 15 is 0 Å². The van der Waals surface area contributed by atoms with Gasteiger partial charge in [0, 0.05) is 24.0 Å². The van der Waals surface area contributed by atoms with E-state index in [2.05, 4.69) is 5.32 Å². The first kappa shape index (κ1) is 16.2. The Bertz CT molecular complexity index is 221. The van der Waals surface area contributed by atoms with Gasteiger partial charge in [-0.3, -0.25) is 4.79 Å². The fraction of sp³-hybridized carbons (Fsp3) is 0.923. The smallest absolute Gasteiger partial charge is 0.219 e. The Kier molecular flexibility index (Phi) is 9.89. The molecule has 1 atom stereocenters. The average Bonchev–Trinajstić information content (AvgIpc) is 2.87. The van der Waals surface area contributed by atoms with Gasteiger partial charge in [-0.1, -0.05) is 34.4 Å². The summed E-state index contributed by atoms with van der Waals surface area (Å²) in [4.78, 5) is 11.5. The number of carbonyl (C=O) groups is 1. The van der Waals surface area contributed by atoms with Gasteiger partial charge in [0.15, 0.2) is 0 Å². The van der Waals surface area contributed by atoms with Crippen LogP contribution < -0.4 is 11.1 Å². The first-order chi connectivity index (χ1) is 8.83. The minimum Gasteiger partial charge on any atom is -0.356 e. The maximum absolute atomic E-state index is 11.5. The number of rotatable bonds is 10. The Balaban J connectivity index is 1.84. The van der Waals surface area contributed by atoms with Gasteiger partial charge in [-0.15, -0.1) is 0 Å². The summed E-state index contributed by atoms with van der Waals surface area (Å²) in [5, 5.41) is 3.82. The van der Waals surface area contributed by atoms with Crippen molar-refractivity contribution in [2.45, 2.75) is 56.6 Å². The molecule has 1 amide bonds. The maximum atomic E-state index is 11.5. The van der Waals surface area contributed by atoms with Crippen molar-refractivity contribution in [3.63, 3.8) is 0 Å². The van der Waals surface area contributed by atoms with Crippen LogP contribution in [0.25, 0.3) is 0 Å². The minimum atomic E-state index is 0.219. The summed E-state index contributed by atoms with van der Waals surface area (Å²) in [6, 6.07) is 0. The van der Waals surface area contributed by atoms with Crippen LogP contribution in [0.3, 0.4) is 0 Å². The Labute approximate surface area is 119 Å². The summed E-state index contributed by atoms with van der Waals surface area (Å²) < 4.78 is 0. The van der Waals surface area contributed by atoms with Gasteiger partial charge in [-0.05, 0) is 38.6 Å². The molecule has 1 fully saturated rings. The maximum Gasteiger partial charge on any atom is 0.219 e. The molecule has 1 aliphatic heterocycles. The Morgan fingerprint density at radius 2 is 2.11 bits per heavy atom. The van der Waals surface area contributed by atoms with Crippen molar-refractivity contribution in [3.05, 3.63) is 0 Å². The van der Waals surface area contributed by atoms with E-state index in [0.29, 0.717) is 6.42 Å². The van der Waals surface area contributed by atoms with E-state index in [1.807, 2.05) is 21.6 Å². The molecule has 0 aromatic carbocycles. The number of unbranched alkanes of at least 4 members (excludes halogenated alkanes) is 3. The lowest BCUT2D eigenvalue weighted by Crippen LogP contribution is -2.24. The Morgan fingerprint density at radius 1 is 1.22 bits per heavy atom. The van der Waals surface area contributed by atoms with Gasteiger partial charge in [-0.25, -0.2) is 0 Å². The molecule has 1 aliphatic rings. The van der Waals surface area contributed by atoms with E-state index in [0.717, 1.165) is 44.0 Å². The van der Waals surface area contributed by atoms with Crippen LogP contribution in [-0.4, -0.2) is 30.0 Å². The standard InChI is InChI=1S/C13H26N2OS2/c14-9-4-1-5-10-15-13(16)7-3-2-6-12-8-11-17-18-12/h12H,1-11,14H2,(H,15,16)/t12-/m1/s1. The molecule has 5 heteroatoms. The van der Waals surface area contributed by atoms with Crippen LogP contribution in [0, 0.1) is 0 Å². The van der Waals surface area contributed by atoms with Crippen LogP contribution >= 0.6 is 21.6 Å². The van der Waals surface area contributed by atoms with E-state index in [1.54, 1.807) is 0 Å². The van der Waals surface area contributed by atoms with E-state index in [-0.39, 0.29) is 5.91 Å². The first-order valence-electron chi connectivity index (χ1n) is 7.08. The summed E-state index contributed by atoms with van der Waals surface area (Å²) >= 11 is 0. The number of nitrogens with two attached hydrogens (primary N) is 1. The third-order valence-corrected chi connectivity index (χ3v) is 6.12. The van der Waals surface area contributed by atoms with Gasteiger partial charge in [0.1, 0.15) is 0 Å². The molecule has 0 radical (unpaired) electrons. The molecular weight excluding hydrogens is 264 g/mol. The van der Waals surface area contributed by atoms with Gasteiger partial charge in [0.25, 0.3) is 0 Å². The van der Waals surface area contributed by atoms with Crippen molar-refractivity contribution < 1.29 is 4.79 Å². The number of nitrogens with one attached hydrogen (secondary N) is 1. The lowest BCUT2D eigenvalue weighted by Gasteiger charge is -2.07. The highest BCUT2D eigenvalue weighted by molar-refractivity contribution is 8.77. The zero-order valence-electron chi connectivity index (χ0n) is 11.2. The third kappa shape index (κ3) is 8.27. The third-order valence-electron chi connectivity index (χ3n) is 3.11. The predicted molar refractivity (Wildman–Crippen MR) is 82.8 cm³/mol. The molecule has 0 aromatic heterocycles. The van der Waals surface area contributed by atoms with Gasteiger partial charge in [0.05, 0.1) is 0 Å². The molecular formula is C13H26N2OS2. The molecule has 106 valence electrons. The molecule has 0 aliphatic carbocycles. The second-order valence-electron chi connectivity index (χ2n) is 4.77. The van der Waals surface area contributed by atoms with Crippen LogP contribution in [0.5, 0.6) is 0 Å². The fourth-order valence-corrected chi connectivity index (χ4v) is 5.01. The quantitative estimate of drug-likeness (QED) is 0.480. The van der Waals surface area contributed by atoms with Crippen LogP contribution in [-0.2, 0) is 4.79 Å². The summed E-state index contributed by atoms with van der Waals surface area (Å²) in [5.74, 6) is 1.52. The molecule has 0 aromatic rings. The molecule has 3 N–H and O–H groups in total. The van der Waals surface area contributed by atoms with Gasteiger partial charge in [0.2, 0.25) is 5.91 Å². The van der Waals surface area contributed by atoms with E-state index in [4.69, 9.17) is 5.73 Å². The molecule has 0 saturated carbocycles. The molecule has 0 spiro atoms. The number of carbonyl (C=O) groups excluding carboxylic acids is 1. The zero-order valence-corrected chi connectivity index (χ0v) is 12.8. The van der Waals surface area contributed by atoms with Crippen molar-refractivity contribution in [2.24, 2.45) is 5.73 Å². The van der Waals surface area contributed by atoms with Crippen molar-refractivity contribution in [2.75, 3.05) is 18.8 Å². The molecule has 0 bridgehead atoms. The lowest BCUT2D eigenvalue weighted by atomic mass is 10.1. The highest BCUT2D eigenvalue weighted by Gasteiger charge is 2.15. The molecule has 1 heterocycles. The van der Waals surface area contributed by atoms with E-state index in [9.17, 15) is 4.79 Å². The monoisotopic (exact) mass is 290 g/mol. The van der Waals surface area contributed by atoms with Crippen LogP contribution in [0.15, 0.2) is 0 Å². The van der Waals surface area contributed by atoms with Crippen LogP contribution in [0.1, 0.15) is 51.4 Å². The van der Waals surface area contributed by atoms with Gasteiger partial charge >= 0.3 is 0 Å². The number of hydrogen-bond donors (Lipinski definition) is 2. The number of hydrogen-bond acceptors (Lipinski definition) is 4. The SMILES string of the molecule is NCCCCCNC(=O)CCCC[C@@H]1CCSS1. The summed E-state index contributed by atoms with van der Waals surface area (Å²) in [7, 11) is 4.02. The molecule has 1 saturated heterocycles. The van der Waals surface area contributed by atoms with Crippen LogP contribution in [0.4, 0.5) is 0 Å². The van der Waals surface area contributed by atoms with Crippen LogP contribution in [0.2, 0.25) is 0 Å². The predicted octanol–water partition coefficient (Wildman–Crippen LogP) is 2.95.